The average Bonchev–Trinajstić information content (AvgIpc) is 2.78. The van der Waals surface area contributed by atoms with Crippen molar-refractivity contribution in [2.24, 2.45) is 0 Å². The molecular formula is C23H31FN4O3S. The largest absolute Gasteiger partial charge is 0.325 e. The fraction of sp³-hybridized carbons (Fsp3) is 0.435. The minimum atomic E-state index is -3.28. The van der Waals surface area contributed by atoms with E-state index in [1.165, 1.54) is 16.4 Å². The number of anilines is 1. The number of carbonyl (C=O) groups is 1. The first-order valence-corrected chi connectivity index (χ1v) is 12.3. The van der Waals surface area contributed by atoms with Crippen LogP contribution in [0.3, 0.4) is 0 Å². The molecule has 1 aliphatic rings. The number of benzene rings is 2. The predicted molar refractivity (Wildman–Crippen MR) is 126 cm³/mol. The molecule has 0 radical (unpaired) electrons. The highest BCUT2D eigenvalue weighted by molar-refractivity contribution is 7.89. The van der Waals surface area contributed by atoms with Gasteiger partial charge in [-0.15, -0.1) is 0 Å². The van der Waals surface area contributed by atoms with Crippen molar-refractivity contribution < 1.29 is 17.6 Å². The lowest BCUT2D eigenvalue weighted by atomic mass is 10.1. The number of hydrogen-bond acceptors (Lipinski definition) is 4. The fourth-order valence-electron chi connectivity index (χ4n) is 3.73. The lowest BCUT2D eigenvalue weighted by Gasteiger charge is -2.36. The van der Waals surface area contributed by atoms with Crippen LogP contribution in [0.4, 0.5) is 14.9 Å². The van der Waals surface area contributed by atoms with Crippen molar-refractivity contribution in [2.45, 2.75) is 18.9 Å². The zero-order chi connectivity index (χ0) is 23.3. The van der Waals surface area contributed by atoms with E-state index in [1.807, 2.05) is 37.2 Å². The van der Waals surface area contributed by atoms with E-state index in [2.05, 4.69) is 5.32 Å². The summed E-state index contributed by atoms with van der Waals surface area (Å²) >= 11 is 0. The van der Waals surface area contributed by atoms with E-state index < -0.39 is 10.0 Å². The average molecular weight is 463 g/mol. The molecular weight excluding hydrogens is 431 g/mol. The first-order valence-electron chi connectivity index (χ1n) is 10.7. The number of piperidine rings is 1. The molecule has 9 heteroatoms. The lowest BCUT2D eigenvalue weighted by Crippen LogP contribution is -2.49. The Morgan fingerprint density at radius 2 is 1.72 bits per heavy atom. The van der Waals surface area contributed by atoms with Crippen molar-refractivity contribution in [2.75, 3.05) is 51.8 Å². The van der Waals surface area contributed by atoms with Crippen LogP contribution in [-0.4, -0.2) is 81.1 Å². The third kappa shape index (κ3) is 6.27. The van der Waals surface area contributed by atoms with E-state index in [0.29, 0.717) is 38.2 Å². The maximum absolute atomic E-state index is 13.4. The topological polar surface area (TPSA) is 73.0 Å². The van der Waals surface area contributed by atoms with Crippen LogP contribution in [0.25, 0.3) is 11.1 Å². The van der Waals surface area contributed by atoms with E-state index >= 15 is 0 Å². The van der Waals surface area contributed by atoms with E-state index in [-0.39, 0.29) is 23.6 Å². The highest BCUT2D eigenvalue weighted by Crippen LogP contribution is 2.23. The molecule has 174 valence electrons. The summed E-state index contributed by atoms with van der Waals surface area (Å²) in [6.45, 7) is 1.32. The first-order chi connectivity index (χ1) is 15.2. The second kappa shape index (κ2) is 10.4. The Kier molecular flexibility index (Phi) is 7.86. The molecule has 0 atom stereocenters. The molecule has 2 aromatic rings. The normalized spacial score (nSPS) is 15.7. The van der Waals surface area contributed by atoms with Crippen LogP contribution < -0.4 is 5.32 Å². The quantitative estimate of drug-likeness (QED) is 0.685. The molecule has 0 aliphatic carbocycles. The highest BCUT2D eigenvalue weighted by Gasteiger charge is 2.31. The number of sulfonamides is 1. The first kappa shape index (κ1) is 24.2. The Balaban J connectivity index is 1.53. The number of hydrogen-bond donors (Lipinski definition) is 1. The van der Waals surface area contributed by atoms with Gasteiger partial charge in [0.1, 0.15) is 5.82 Å². The number of carbonyl (C=O) groups excluding carboxylic acids is 1. The van der Waals surface area contributed by atoms with Crippen LogP contribution in [0.1, 0.15) is 12.8 Å². The summed E-state index contributed by atoms with van der Waals surface area (Å²) in [5.74, 6) is -0.190. The van der Waals surface area contributed by atoms with Crippen LogP contribution in [0.5, 0.6) is 0 Å². The predicted octanol–water partition coefficient (Wildman–Crippen LogP) is 3.31. The molecule has 3 rings (SSSR count). The van der Waals surface area contributed by atoms with Gasteiger partial charge >= 0.3 is 6.03 Å². The molecule has 1 saturated heterocycles. The summed E-state index contributed by atoms with van der Waals surface area (Å²) in [7, 11) is 2.16. The van der Waals surface area contributed by atoms with Crippen molar-refractivity contribution in [3.8, 4) is 11.1 Å². The second-order valence-corrected chi connectivity index (χ2v) is 10.5. The van der Waals surface area contributed by atoms with Gasteiger partial charge in [0.2, 0.25) is 10.0 Å². The molecule has 0 aromatic heterocycles. The van der Waals surface area contributed by atoms with Gasteiger partial charge in [-0.25, -0.2) is 21.9 Å². The molecule has 0 spiro atoms. The zero-order valence-electron chi connectivity index (χ0n) is 18.8. The lowest BCUT2D eigenvalue weighted by molar-refractivity contribution is 0.173. The number of nitrogens with zero attached hydrogens (tertiary/aromatic N) is 3. The van der Waals surface area contributed by atoms with Gasteiger partial charge in [0, 0.05) is 38.4 Å². The Hall–Kier alpha value is -2.49. The van der Waals surface area contributed by atoms with Crippen molar-refractivity contribution in [1.82, 2.24) is 14.1 Å². The molecule has 1 aliphatic heterocycles. The Labute approximate surface area is 189 Å². The van der Waals surface area contributed by atoms with Gasteiger partial charge in [0.25, 0.3) is 0 Å². The maximum atomic E-state index is 13.4. The summed E-state index contributed by atoms with van der Waals surface area (Å²) in [5.41, 5.74) is 2.27. The summed E-state index contributed by atoms with van der Waals surface area (Å²) in [6, 6.07) is 13.3. The molecule has 1 fully saturated rings. The Morgan fingerprint density at radius 1 is 1.06 bits per heavy atom. The van der Waals surface area contributed by atoms with Crippen molar-refractivity contribution in [3.05, 3.63) is 54.3 Å². The number of halogens is 1. The Morgan fingerprint density at radius 3 is 2.31 bits per heavy atom. The molecule has 7 nitrogen and oxygen atoms in total. The SMILES string of the molecule is CN(C)CCS(=O)(=O)N1CCC(N(C)C(=O)Nc2ccc(-c3cccc(F)c3)cc2)CC1. The third-order valence-electron chi connectivity index (χ3n) is 5.78. The van der Waals surface area contributed by atoms with Gasteiger partial charge in [-0.3, -0.25) is 0 Å². The monoisotopic (exact) mass is 462 g/mol. The minimum Gasteiger partial charge on any atom is -0.325 e. The van der Waals surface area contributed by atoms with Crippen molar-refractivity contribution in [1.29, 1.82) is 0 Å². The maximum Gasteiger partial charge on any atom is 0.321 e. The van der Waals surface area contributed by atoms with Crippen LogP contribution in [0.15, 0.2) is 48.5 Å². The molecule has 0 unspecified atom stereocenters. The van der Waals surface area contributed by atoms with E-state index in [0.717, 1.165) is 11.1 Å². The second-order valence-electron chi connectivity index (χ2n) is 8.38. The summed E-state index contributed by atoms with van der Waals surface area (Å²) in [5, 5.41) is 2.88. The van der Waals surface area contributed by atoms with Gasteiger partial charge in [-0.2, -0.15) is 0 Å². The van der Waals surface area contributed by atoms with Gasteiger partial charge < -0.3 is 15.1 Å². The smallest absolute Gasteiger partial charge is 0.321 e. The standard InChI is InChI=1S/C23H31FN4O3S/c1-26(2)15-16-32(30,31)28-13-11-22(12-14-28)27(3)23(29)25-21-9-7-18(8-10-21)19-5-4-6-20(24)17-19/h4-10,17,22H,11-16H2,1-3H3,(H,25,29). The number of urea groups is 1. The van der Waals surface area contributed by atoms with Crippen LogP contribution in [0.2, 0.25) is 0 Å². The van der Waals surface area contributed by atoms with Crippen LogP contribution >= 0.6 is 0 Å². The van der Waals surface area contributed by atoms with E-state index in [4.69, 9.17) is 0 Å². The van der Waals surface area contributed by atoms with Crippen LogP contribution in [-0.2, 0) is 10.0 Å². The van der Waals surface area contributed by atoms with Gasteiger partial charge in [0.05, 0.1) is 5.75 Å². The van der Waals surface area contributed by atoms with Crippen molar-refractivity contribution in [3.63, 3.8) is 0 Å². The molecule has 0 bridgehead atoms. The van der Waals surface area contributed by atoms with E-state index in [1.54, 1.807) is 30.1 Å². The summed E-state index contributed by atoms with van der Waals surface area (Å²) in [6.07, 6.45) is 1.20. The molecule has 2 aromatic carbocycles. The summed E-state index contributed by atoms with van der Waals surface area (Å²) in [4.78, 5) is 16.2. The van der Waals surface area contributed by atoms with Gasteiger partial charge in [-0.05, 0) is 62.3 Å². The summed E-state index contributed by atoms with van der Waals surface area (Å²) < 4.78 is 39.9. The fourth-order valence-corrected chi connectivity index (χ4v) is 5.35. The van der Waals surface area contributed by atoms with Gasteiger partial charge in [-0.1, -0.05) is 24.3 Å². The molecule has 1 N–H and O–H groups in total. The number of nitrogens with one attached hydrogen (secondary N) is 1. The molecule has 2 amide bonds. The zero-order valence-corrected chi connectivity index (χ0v) is 19.6. The number of amides is 2. The number of rotatable bonds is 7. The van der Waals surface area contributed by atoms with Gasteiger partial charge in [0.15, 0.2) is 0 Å². The Bertz CT molecular complexity index is 1020. The third-order valence-corrected chi connectivity index (χ3v) is 7.63. The highest BCUT2D eigenvalue weighted by atomic mass is 32.2. The molecule has 1 heterocycles. The van der Waals surface area contributed by atoms with Crippen molar-refractivity contribution >= 4 is 21.7 Å². The van der Waals surface area contributed by atoms with Crippen LogP contribution in [0, 0.1) is 5.82 Å². The molecule has 0 saturated carbocycles. The van der Waals surface area contributed by atoms with E-state index in [9.17, 15) is 17.6 Å². The minimum absolute atomic E-state index is 0.0261. The molecule has 32 heavy (non-hydrogen) atoms.